The number of ether oxygens (including phenoxy) is 3. The molecule has 6 nitrogen and oxygen atoms in total. The van der Waals surface area contributed by atoms with Gasteiger partial charge in [0.2, 0.25) is 0 Å². The SMILES string of the molecule is COCCOCCN(CCO)C(=O)OCC1c2ccccc2-c2ccccc21. The molecule has 0 heterocycles. The normalized spacial score (nSPS) is 12.5. The van der Waals surface area contributed by atoms with E-state index in [4.69, 9.17) is 14.2 Å². The van der Waals surface area contributed by atoms with Gasteiger partial charge in [-0.3, -0.25) is 0 Å². The lowest BCUT2D eigenvalue weighted by Crippen LogP contribution is -2.37. The van der Waals surface area contributed by atoms with Crippen molar-refractivity contribution in [1.82, 2.24) is 4.90 Å². The monoisotopic (exact) mass is 385 g/mol. The van der Waals surface area contributed by atoms with Gasteiger partial charge in [0.1, 0.15) is 6.61 Å². The second-order valence-electron chi connectivity index (χ2n) is 6.62. The van der Waals surface area contributed by atoms with Crippen LogP contribution in [0.4, 0.5) is 4.79 Å². The van der Waals surface area contributed by atoms with Crippen LogP contribution >= 0.6 is 0 Å². The number of carbonyl (C=O) groups excluding carboxylic acids is 1. The van der Waals surface area contributed by atoms with E-state index in [0.717, 1.165) is 0 Å². The van der Waals surface area contributed by atoms with Crippen molar-refractivity contribution in [2.24, 2.45) is 0 Å². The van der Waals surface area contributed by atoms with Crippen LogP contribution < -0.4 is 0 Å². The molecule has 0 bridgehead atoms. The van der Waals surface area contributed by atoms with E-state index in [1.165, 1.54) is 27.2 Å². The summed E-state index contributed by atoms with van der Waals surface area (Å²) in [5.74, 6) is 0.0188. The van der Waals surface area contributed by atoms with Crippen molar-refractivity contribution in [3.8, 4) is 11.1 Å². The number of carbonyl (C=O) groups is 1. The van der Waals surface area contributed by atoms with Gasteiger partial charge >= 0.3 is 6.09 Å². The van der Waals surface area contributed by atoms with Crippen molar-refractivity contribution in [3.05, 3.63) is 59.7 Å². The van der Waals surface area contributed by atoms with Gasteiger partial charge in [-0.25, -0.2) is 4.79 Å². The van der Waals surface area contributed by atoms with Gasteiger partial charge in [0.05, 0.1) is 26.4 Å². The highest BCUT2D eigenvalue weighted by Gasteiger charge is 2.29. The zero-order valence-electron chi connectivity index (χ0n) is 16.2. The van der Waals surface area contributed by atoms with Crippen molar-refractivity contribution < 1.29 is 24.1 Å². The first kappa shape index (κ1) is 20.3. The minimum absolute atomic E-state index is 0.0188. The smallest absolute Gasteiger partial charge is 0.409 e. The van der Waals surface area contributed by atoms with Crippen molar-refractivity contribution in [2.45, 2.75) is 5.92 Å². The van der Waals surface area contributed by atoms with Gasteiger partial charge < -0.3 is 24.2 Å². The third kappa shape index (κ3) is 4.70. The van der Waals surface area contributed by atoms with Crippen LogP contribution in [0.15, 0.2) is 48.5 Å². The molecule has 1 amide bonds. The van der Waals surface area contributed by atoms with E-state index in [-0.39, 0.29) is 25.7 Å². The average Bonchev–Trinajstić information content (AvgIpc) is 3.05. The highest BCUT2D eigenvalue weighted by atomic mass is 16.6. The van der Waals surface area contributed by atoms with E-state index < -0.39 is 6.09 Å². The maximum atomic E-state index is 12.5. The molecule has 3 rings (SSSR count). The molecule has 0 fully saturated rings. The Kier molecular flexibility index (Phi) is 7.42. The largest absolute Gasteiger partial charge is 0.448 e. The first-order valence-electron chi connectivity index (χ1n) is 9.53. The quantitative estimate of drug-likeness (QED) is 0.637. The van der Waals surface area contributed by atoms with E-state index in [1.54, 1.807) is 7.11 Å². The standard InChI is InChI=1S/C22H27NO5/c1-26-14-15-27-13-11-23(10-12-24)22(25)28-16-21-19-8-4-2-6-17(19)18-7-3-5-9-20(18)21/h2-9,21,24H,10-16H2,1H3. The molecule has 0 saturated heterocycles. The number of aliphatic hydroxyl groups is 1. The van der Waals surface area contributed by atoms with E-state index >= 15 is 0 Å². The zero-order valence-corrected chi connectivity index (χ0v) is 16.2. The highest BCUT2D eigenvalue weighted by molar-refractivity contribution is 5.79. The second-order valence-corrected chi connectivity index (χ2v) is 6.62. The van der Waals surface area contributed by atoms with E-state index in [9.17, 15) is 9.90 Å². The fraction of sp³-hybridized carbons (Fsp3) is 0.409. The predicted molar refractivity (Wildman–Crippen MR) is 106 cm³/mol. The van der Waals surface area contributed by atoms with E-state index in [1.807, 2.05) is 24.3 Å². The Morgan fingerprint density at radius 2 is 1.61 bits per heavy atom. The summed E-state index contributed by atoms with van der Waals surface area (Å²) in [6.45, 7) is 2.06. The highest BCUT2D eigenvalue weighted by Crippen LogP contribution is 2.44. The lowest BCUT2D eigenvalue weighted by atomic mass is 9.98. The number of hydrogen-bond donors (Lipinski definition) is 1. The molecule has 0 spiro atoms. The molecule has 6 heteroatoms. The van der Waals surface area contributed by atoms with Crippen LogP contribution in [-0.2, 0) is 14.2 Å². The molecule has 1 aliphatic carbocycles. The van der Waals surface area contributed by atoms with Crippen LogP contribution in [0, 0.1) is 0 Å². The summed E-state index contributed by atoms with van der Waals surface area (Å²) < 4.78 is 16.0. The van der Waals surface area contributed by atoms with Crippen LogP contribution in [0.1, 0.15) is 17.0 Å². The topological polar surface area (TPSA) is 68.2 Å². The number of methoxy groups -OCH3 is 1. The molecular weight excluding hydrogens is 358 g/mol. The molecule has 1 N–H and O–H groups in total. The molecule has 2 aromatic carbocycles. The Morgan fingerprint density at radius 1 is 0.964 bits per heavy atom. The summed E-state index contributed by atoms with van der Waals surface area (Å²) in [5.41, 5.74) is 4.73. The van der Waals surface area contributed by atoms with Crippen LogP contribution in [0.5, 0.6) is 0 Å². The second kappa shape index (κ2) is 10.2. The molecule has 0 atom stereocenters. The number of amides is 1. The van der Waals surface area contributed by atoms with Crippen molar-refractivity contribution in [1.29, 1.82) is 0 Å². The summed E-state index contributed by atoms with van der Waals surface area (Å²) in [4.78, 5) is 14.0. The van der Waals surface area contributed by atoms with Gasteiger partial charge in [0.25, 0.3) is 0 Å². The summed E-state index contributed by atoms with van der Waals surface area (Å²) in [7, 11) is 1.61. The molecule has 0 aromatic heterocycles. The Morgan fingerprint density at radius 3 is 2.21 bits per heavy atom. The Bertz CT molecular complexity index is 734. The van der Waals surface area contributed by atoms with Gasteiger partial charge in [-0.2, -0.15) is 0 Å². The summed E-state index contributed by atoms with van der Waals surface area (Å²) in [6.07, 6.45) is -0.439. The molecular formula is C22H27NO5. The minimum atomic E-state index is -0.439. The van der Waals surface area contributed by atoms with Gasteiger partial charge in [0.15, 0.2) is 0 Å². The molecule has 150 valence electrons. The van der Waals surface area contributed by atoms with Crippen LogP contribution in [0.2, 0.25) is 0 Å². The molecule has 0 radical (unpaired) electrons. The molecule has 0 unspecified atom stereocenters. The van der Waals surface area contributed by atoms with E-state index in [0.29, 0.717) is 26.4 Å². The molecule has 1 aliphatic rings. The van der Waals surface area contributed by atoms with E-state index in [2.05, 4.69) is 24.3 Å². The minimum Gasteiger partial charge on any atom is -0.448 e. The maximum Gasteiger partial charge on any atom is 0.409 e. The van der Waals surface area contributed by atoms with Gasteiger partial charge in [-0.05, 0) is 22.3 Å². The first-order valence-corrected chi connectivity index (χ1v) is 9.53. The van der Waals surface area contributed by atoms with Gasteiger partial charge in [-0.15, -0.1) is 0 Å². The number of aliphatic hydroxyl groups excluding tert-OH is 1. The fourth-order valence-corrected chi connectivity index (χ4v) is 3.52. The van der Waals surface area contributed by atoms with Crippen LogP contribution in [0.3, 0.4) is 0 Å². The lowest BCUT2D eigenvalue weighted by molar-refractivity contribution is 0.0462. The molecule has 0 saturated carbocycles. The number of nitrogens with zero attached hydrogens (tertiary/aromatic N) is 1. The molecule has 0 aliphatic heterocycles. The lowest BCUT2D eigenvalue weighted by Gasteiger charge is -2.22. The number of hydrogen-bond acceptors (Lipinski definition) is 5. The fourth-order valence-electron chi connectivity index (χ4n) is 3.52. The number of rotatable bonds is 10. The molecule has 2 aromatic rings. The Labute approximate surface area is 165 Å². The maximum absolute atomic E-state index is 12.5. The molecule has 28 heavy (non-hydrogen) atoms. The van der Waals surface area contributed by atoms with Crippen molar-refractivity contribution in [3.63, 3.8) is 0 Å². The van der Waals surface area contributed by atoms with Gasteiger partial charge in [-0.1, -0.05) is 48.5 Å². The van der Waals surface area contributed by atoms with Gasteiger partial charge in [0, 0.05) is 26.1 Å². The van der Waals surface area contributed by atoms with Crippen LogP contribution in [-0.4, -0.2) is 69.3 Å². The predicted octanol–water partition coefficient (Wildman–Crippen LogP) is 2.89. The summed E-state index contributed by atoms with van der Waals surface area (Å²) in [5, 5.41) is 9.26. The van der Waals surface area contributed by atoms with Crippen LogP contribution in [0.25, 0.3) is 11.1 Å². The third-order valence-corrected chi connectivity index (χ3v) is 4.90. The first-order chi connectivity index (χ1) is 13.8. The van der Waals surface area contributed by atoms with Crippen molar-refractivity contribution in [2.75, 3.05) is 53.2 Å². The third-order valence-electron chi connectivity index (χ3n) is 4.90. The Balaban J connectivity index is 1.61. The Hall–Kier alpha value is -2.41. The number of fused-ring (bicyclic) bond motifs is 3. The zero-order chi connectivity index (χ0) is 19.8. The summed E-state index contributed by atoms with van der Waals surface area (Å²) in [6, 6.07) is 16.4. The average molecular weight is 385 g/mol. The summed E-state index contributed by atoms with van der Waals surface area (Å²) >= 11 is 0. The number of benzene rings is 2. The van der Waals surface area contributed by atoms with Crippen molar-refractivity contribution >= 4 is 6.09 Å².